The summed E-state index contributed by atoms with van der Waals surface area (Å²) in [6, 6.07) is 4.92. The van der Waals surface area contributed by atoms with Crippen LogP contribution in [0.2, 0.25) is 0 Å². The lowest BCUT2D eigenvalue weighted by Crippen LogP contribution is -2.37. The first-order valence-electron chi connectivity index (χ1n) is 7.45. The summed E-state index contributed by atoms with van der Waals surface area (Å²) in [5.74, 6) is 2.51. The summed E-state index contributed by atoms with van der Waals surface area (Å²) in [7, 11) is 1.75. The molecule has 1 saturated carbocycles. The molecular weight excluding hydrogens is 234 g/mol. The molecule has 0 aromatic heterocycles. The normalized spacial score (nSPS) is 27.1. The molecule has 2 unspecified atom stereocenters. The zero-order valence-corrected chi connectivity index (χ0v) is 12.9. The maximum Gasteiger partial charge on any atom is 0.126 e. The van der Waals surface area contributed by atoms with Crippen molar-refractivity contribution in [2.45, 2.75) is 53.0 Å². The fraction of sp³-hybridized carbons (Fsp3) is 0.647. The van der Waals surface area contributed by atoms with Crippen LogP contribution in [0.1, 0.15) is 44.2 Å². The molecule has 2 atom stereocenters. The average molecular weight is 261 g/mol. The highest BCUT2D eigenvalue weighted by Gasteiger charge is 2.28. The van der Waals surface area contributed by atoms with Crippen LogP contribution in [0.25, 0.3) is 0 Å². The van der Waals surface area contributed by atoms with Gasteiger partial charge < -0.3 is 10.1 Å². The predicted molar refractivity (Wildman–Crippen MR) is 82.1 cm³/mol. The van der Waals surface area contributed by atoms with E-state index in [2.05, 4.69) is 45.1 Å². The Morgan fingerprint density at radius 3 is 2.32 bits per heavy atom. The quantitative estimate of drug-likeness (QED) is 0.862. The van der Waals surface area contributed by atoms with Gasteiger partial charge in [0.15, 0.2) is 0 Å². The van der Waals surface area contributed by atoms with E-state index in [1.807, 2.05) is 0 Å². The van der Waals surface area contributed by atoms with Crippen LogP contribution >= 0.6 is 0 Å². The van der Waals surface area contributed by atoms with Gasteiger partial charge in [-0.15, -0.1) is 0 Å². The second-order valence-electron chi connectivity index (χ2n) is 6.14. The van der Waals surface area contributed by atoms with E-state index in [1.54, 1.807) is 7.11 Å². The van der Waals surface area contributed by atoms with Crippen LogP contribution in [0.3, 0.4) is 0 Å². The van der Waals surface area contributed by atoms with Gasteiger partial charge in [-0.2, -0.15) is 0 Å². The number of ether oxygens (including phenoxy) is 1. The summed E-state index contributed by atoms with van der Waals surface area (Å²) in [6.45, 7) is 8.98. The van der Waals surface area contributed by atoms with Crippen molar-refractivity contribution in [2.24, 2.45) is 11.8 Å². The molecule has 2 nitrogen and oxygen atoms in total. The maximum atomic E-state index is 5.52. The molecule has 0 spiro atoms. The molecule has 1 fully saturated rings. The van der Waals surface area contributed by atoms with Crippen LogP contribution in [0.15, 0.2) is 12.1 Å². The van der Waals surface area contributed by atoms with Gasteiger partial charge in [0.2, 0.25) is 0 Å². The van der Waals surface area contributed by atoms with Crippen LogP contribution < -0.4 is 10.1 Å². The summed E-state index contributed by atoms with van der Waals surface area (Å²) >= 11 is 0. The van der Waals surface area contributed by atoms with Gasteiger partial charge in [0.25, 0.3) is 0 Å². The summed E-state index contributed by atoms with van der Waals surface area (Å²) in [6.07, 6.45) is 4.05. The predicted octanol–water partition coefficient (Wildman–Crippen LogP) is 4.55. The number of methoxy groups -OCH3 is 1. The third-order valence-electron chi connectivity index (χ3n) is 4.67. The van der Waals surface area contributed by atoms with E-state index in [-0.39, 0.29) is 0 Å². The minimum absolute atomic E-state index is 0.583. The van der Waals surface area contributed by atoms with Crippen molar-refractivity contribution < 1.29 is 4.74 Å². The van der Waals surface area contributed by atoms with Crippen LogP contribution in [-0.4, -0.2) is 13.2 Å². The average Bonchev–Trinajstić information content (AvgIpc) is 2.37. The Balaban J connectivity index is 2.23. The standard InChI is InChI=1S/C17H27NO/c1-11-7-6-8-12(2)16(11)18-15-10-9-13(3)17(19-5)14(15)4/h9-12,16,18H,6-8H2,1-5H3. The largest absolute Gasteiger partial charge is 0.496 e. The number of anilines is 1. The minimum atomic E-state index is 0.583. The van der Waals surface area contributed by atoms with Gasteiger partial charge in [0.1, 0.15) is 5.75 Å². The molecule has 19 heavy (non-hydrogen) atoms. The Kier molecular flexibility index (Phi) is 4.38. The highest BCUT2D eigenvalue weighted by Crippen LogP contribution is 2.35. The number of rotatable bonds is 3. The van der Waals surface area contributed by atoms with Crippen LogP contribution in [0.5, 0.6) is 5.75 Å². The molecule has 1 aliphatic carbocycles. The highest BCUT2D eigenvalue weighted by molar-refractivity contribution is 5.60. The fourth-order valence-corrected chi connectivity index (χ4v) is 3.44. The zero-order valence-electron chi connectivity index (χ0n) is 12.9. The van der Waals surface area contributed by atoms with E-state index >= 15 is 0 Å². The molecule has 2 heteroatoms. The smallest absolute Gasteiger partial charge is 0.126 e. The van der Waals surface area contributed by atoms with Crippen molar-refractivity contribution in [3.05, 3.63) is 23.3 Å². The lowest BCUT2D eigenvalue weighted by molar-refractivity contribution is 0.268. The number of nitrogens with one attached hydrogen (secondary N) is 1. The van der Waals surface area contributed by atoms with Crippen molar-refractivity contribution in [3.8, 4) is 5.75 Å². The molecule has 0 radical (unpaired) electrons. The Bertz CT molecular complexity index is 431. The summed E-state index contributed by atoms with van der Waals surface area (Å²) < 4.78 is 5.52. The first kappa shape index (κ1) is 14.2. The highest BCUT2D eigenvalue weighted by atomic mass is 16.5. The molecule has 1 N–H and O–H groups in total. The molecular formula is C17H27NO. The molecule has 0 bridgehead atoms. The second-order valence-corrected chi connectivity index (χ2v) is 6.14. The van der Waals surface area contributed by atoms with Gasteiger partial charge in [0.05, 0.1) is 7.11 Å². The molecule has 0 saturated heterocycles. The third-order valence-corrected chi connectivity index (χ3v) is 4.67. The van der Waals surface area contributed by atoms with Crippen molar-refractivity contribution >= 4 is 5.69 Å². The van der Waals surface area contributed by atoms with Gasteiger partial charge in [-0.25, -0.2) is 0 Å². The monoisotopic (exact) mass is 261 g/mol. The number of aryl methyl sites for hydroxylation is 1. The van der Waals surface area contributed by atoms with E-state index in [0.717, 1.165) is 17.6 Å². The molecule has 1 aromatic carbocycles. The van der Waals surface area contributed by atoms with E-state index < -0.39 is 0 Å². The molecule has 0 aliphatic heterocycles. The van der Waals surface area contributed by atoms with E-state index in [1.165, 1.54) is 36.1 Å². The van der Waals surface area contributed by atoms with Crippen LogP contribution in [0.4, 0.5) is 5.69 Å². The van der Waals surface area contributed by atoms with Crippen molar-refractivity contribution in [2.75, 3.05) is 12.4 Å². The Labute approximate surface area is 117 Å². The molecule has 0 heterocycles. The molecule has 0 amide bonds. The molecule has 1 aliphatic rings. The molecule has 106 valence electrons. The molecule has 1 aromatic rings. The van der Waals surface area contributed by atoms with Crippen LogP contribution in [-0.2, 0) is 0 Å². The Morgan fingerprint density at radius 2 is 1.74 bits per heavy atom. The van der Waals surface area contributed by atoms with Gasteiger partial charge in [-0.05, 0) is 50.2 Å². The minimum Gasteiger partial charge on any atom is -0.496 e. The van der Waals surface area contributed by atoms with Crippen molar-refractivity contribution in [3.63, 3.8) is 0 Å². The van der Waals surface area contributed by atoms with E-state index in [9.17, 15) is 0 Å². The number of benzene rings is 1. The maximum absolute atomic E-state index is 5.52. The van der Waals surface area contributed by atoms with Crippen LogP contribution in [0, 0.1) is 25.7 Å². The summed E-state index contributed by atoms with van der Waals surface area (Å²) in [5.41, 5.74) is 3.66. The fourth-order valence-electron chi connectivity index (χ4n) is 3.44. The third kappa shape index (κ3) is 2.88. The second kappa shape index (κ2) is 5.85. The van der Waals surface area contributed by atoms with Crippen molar-refractivity contribution in [1.29, 1.82) is 0 Å². The lowest BCUT2D eigenvalue weighted by atomic mass is 9.78. The Hall–Kier alpha value is -1.18. The Morgan fingerprint density at radius 1 is 1.11 bits per heavy atom. The topological polar surface area (TPSA) is 21.3 Å². The first-order chi connectivity index (χ1) is 9.04. The van der Waals surface area contributed by atoms with Gasteiger partial charge in [-0.1, -0.05) is 26.3 Å². The van der Waals surface area contributed by atoms with E-state index in [4.69, 9.17) is 4.74 Å². The van der Waals surface area contributed by atoms with Gasteiger partial charge in [-0.3, -0.25) is 0 Å². The molecule has 2 rings (SSSR count). The summed E-state index contributed by atoms with van der Waals surface area (Å²) in [5, 5.41) is 3.77. The first-order valence-corrected chi connectivity index (χ1v) is 7.45. The van der Waals surface area contributed by atoms with Crippen molar-refractivity contribution in [1.82, 2.24) is 0 Å². The lowest BCUT2D eigenvalue weighted by Gasteiger charge is -2.36. The SMILES string of the molecule is COc1c(C)ccc(NC2C(C)CCCC2C)c1C. The zero-order chi connectivity index (χ0) is 14.0. The number of hydrogen-bond donors (Lipinski definition) is 1. The number of hydrogen-bond acceptors (Lipinski definition) is 2. The van der Waals surface area contributed by atoms with E-state index in [0.29, 0.717) is 6.04 Å². The summed E-state index contributed by atoms with van der Waals surface area (Å²) in [4.78, 5) is 0. The van der Waals surface area contributed by atoms with Gasteiger partial charge >= 0.3 is 0 Å². The van der Waals surface area contributed by atoms with Gasteiger partial charge in [0, 0.05) is 17.3 Å².